The van der Waals surface area contributed by atoms with Gasteiger partial charge in [-0.25, -0.2) is 0 Å². The molecule has 0 fully saturated rings. The molecular weight excluding hydrogens is 312 g/mol. The van der Waals surface area contributed by atoms with E-state index in [1.54, 1.807) is 0 Å². The molecule has 0 heterocycles. The normalized spacial score (nSPS) is 16.9. The van der Waals surface area contributed by atoms with Crippen molar-refractivity contribution >= 4 is 30.4 Å². The SMILES string of the molecule is CC(=O)N[C@@H](C=O)[C@@H](NC(=O)[C@H](C)NC=O)[C@H](O)[C@H](O)C(N)=O. The summed E-state index contributed by atoms with van der Waals surface area (Å²) in [5, 5.41) is 25.9. The molecule has 0 unspecified atom stereocenters. The second kappa shape index (κ2) is 9.48. The Hall–Kier alpha value is -2.53. The molecule has 0 bridgehead atoms. The Bertz CT molecular complexity index is 470. The number of aliphatic hydroxyl groups excluding tert-OH is 2. The van der Waals surface area contributed by atoms with Gasteiger partial charge in [-0.05, 0) is 6.92 Å². The number of primary amides is 1. The van der Waals surface area contributed by atoms with Crippen molar-refractivity contribution in [1.82, 2.24) is 16.0 Å². The molecule has 0 radical (unpaired) electrons. The predicted molar refractivity (Wildman–Crippen MR) is 75.5 cm³/mol. The van der Waals surface area contributed by atoms with Crippen LogP contribution in [-0.4, -0.2) is 71.0 Å². The van der Waals surface area contributed by atoms with E-state index >= 15 is 0 Å². The Balaban J connectivity index is 5.38. The van der Waals surface area contributed by atoms with Crippen molar-refractivity contribution in [3.05, 3.63) is 0 Å². The van der Waals surface area contributed by atoms with Crippen LogP contribution in [-0.2, 0) is 24.0 Å². The quantitative estimate of drug-likeness (QED) is 0.217. The smallest absolute Gasteiger partial charge is 0.249 e. The summed E-state index contributed by atoms with van der Waals surface area (Å²) < 4.78 is 0. The minimum atomic E-state index is -2.09. The molecule has 23 heavy (non-hydrogen) atoms. The molecule has 0 saturated heterocycles. The van der Waals surface area contributed by atoms with Crippen molar-refractivity contribution in [2.45, 2.75) is 44.2 Å². The lowest BCUT2D eigenvalue weighted by Gasteiger charge is -2.31. The predicted octanol–water partition coefficient (Wildman–Crippen LogP) is -4.48. The fourth-order valence-corrected chi connectivity index (χ4v) is 1.66. The summed E-state index contributed by atoms with van der Waals surface area (Å²) in [6, 6.07) is -4.02. The second-order valence-corrected chi connectivity index (χ2v) is 4.74. The minimum absolute atomic E-state index is 0.209. The van der Waals surface area contributed by atoms with Gasteiger partial charge in [0.1, 0.15) is 24.5 Å². The lowest BCUT2D eigenvalue weighted by molar-refractivity contribution is -0.137. The monoisotopic (exact) mass is 332 g/mol. The van der Waals surface area contributed by atoms with Gasteiger partial charge in [0.2, 0.25) is 24.1 Å². The molecule has 0 rings (SSSR count). The van der Waals surface area contributed by atoms with Gasteiger partial charge < -0.3 is 36.7 Å². The van der Waals surface area contributed by atoms with Crippen LogP contribution in [0.1, 0.15) is 13.8 Å². The maximum Gasteiger partial charge on any atom is 0.249 e. The number of aliphatic hydroxyl groups is 2. The zero-order chi connectivity index (χ0) is 18.2. The summed E-state index contributed by atoms with van der Waals surface area (Å²) in [6.45, 7) is 2.40. The number of hydrogen-bond donors (Lipinski definition) is 6. The molecule has 11 nitrogen and oxygen atoms in total. The average Bonchev–Trinajstić information content (AvgIpc) is 2.48. The van der Waals surface area contributed by atoms with Crippen LogP contribution in [0.25, 0.3) is 0 Å². The van der Waals surface area contributed by atoms with Gasteiger partial charge in [0, 0.05) is 6.92 Å². The molecule has 0 aliphatic heterocycles. The van der Waals surface area contributed by atoms with Crippen molar-refractivity contribution in [2.24, 2.45) is 5.73 Å². The highest BCUT2D eigenvalue weighted by Gasteiger charge is 2.37. The number of aldehydes is 1. The van der Waals surface area contributed by atoms with Crippen molar-refractivity contribution in [2.75, 3.05) is 0 Å². The van der Waals surface area contributed by atoms with E-state index in [0.29, 0.717) is 0 Å². The van der Waals surface area contributed by atoms with Crippen molar-refractivity contribution in [3.63, 3.8) is 0 Å². The zero-order valence-corrected chi connectivity index (χ0v) is 12.6. The third-order valence-electron chi connectivity index (χ3n) is 2.91. The molecule has 0 aromatic rings. The van der Waals surface area contributed by atoms with Gasteiger partial charge in [0.15, 0.2) is 6.10 Å². The highest BCUT2D eigenvalue weighted by atomic mass is 16.3. The van der Waals surface area contributed by atoms with E-state index in [1.807, 2.05) is 0 Å². The number of rotatable bonds is 10. The Labute approximate surface area is 131 Å². The van der Waals surface area contributed by atoms with Crippen molar-refractivity contribution in [1.29, 1.82) is 0 Å². The summed E-state index contributed by atoms with van der Waals surface area (Å²) in [5.41, 5.74) is 4.86. The van der Waals surface area contributed by atoms with Crippen molar-refractivity contribution in [3.8, 4) is 0 Å². The summed E-state index contributed by atoms with van der Waals surface area (Å²) in [7, 11) is 0. The highest BCUT2D eigenvalue weighted by Crippen LogP contribution is 2.05. The molecule has 0 aliphatic carbocycles. The zero-order valence-electron chi connectivity index (χ0n) is 12.6. The average molecular weight is 332 g/mol. The molecule has 0 aromatic carbocycles. The summed E-state index contributed by atoms with van der Waals surface area (Å²) in [5.74, 6) is -2.76. The van der Waals surface area contributed by atoms with E-state index in [4.69, 9.17) is 5.73 Å². The Morgan fingerprint density at radius 2 is 1.70 bits per heavy atom. The van der Waals surface area contributed by atoms with Gasteiger partial charge in [-0.15, -0.1) is 0 Å². The minimum Gasteiger partial charge on any atom is -0.388 e. The van der Waals surface area contributed by atoms with Gasteiger partial charge in [0.05, 0.1) is 6.04 Å². The number of carbonyl (C=O) groups is 5. The molecule has 0 saturated carbocycles. The van der Waals surface area contributed by atoms with Gasteiger partial charge >= 0.3 is 0 Å². The van der Waals surface area contributed by atoms with Crippen LogP contribution in [0, 0.1) is 0 Å². The van der Waals surface area contributed by atoms with Crippen LogP contribution < -0.4 is 21.7 Å². The molecule has 0 aromatic heterocycles. The molecule has 4 amide bonds. The van der Waals surface area contributed by atoms with Gasteiger partial charge in [-0.1, -0.05) is 0 Å². The summed E-state index contributed by atoms with van der Waals surface area (Å²) in [6.07, 6.45) is -3.59. The third kappa shape index (κ3) is 6.40. The Kier molecular flexibility index (Phi) is 8.44. The molecular formula is C12H20N4O7. The lowest BCUT2D eigenvalue weighted by atomic mass is 9.97. The first-order valence-electron chi connectivity index (χ1n) is 6.53. The number of amides is 4. The van der Waals surface area contributed by atoms with E-state index in [0.717, 1.165) is 6.92 Å². The Morgan fingerprint density at radius 3 is 2.09 bits per heavy atom. The van der Waals surface area contributed by atoms with E-state index in [2.05, 4.69) is 16.0 Å². The summed E-state index contributed by atoms with van der Waals surface area (Å²) in [4.78, 5) is 55.4. The van der Waals surface area contributed by atoms with E-state index in [1.165, 1.54) is 6.92 Å². The van der Waals surface area contributed by atoms with E-state index in [9.17, 15) is 34.2 Å². The standard InChI is InChI=1S/C12H20N4O7/c1-5(14-4-18)12(23)16-8(7(3-17)15-6(2)19)9(20)10(21)11(13)22/h3-5,7-10,20-21H,1-2H3,(H2,13,22)(H,14,18)(H,15,19)(H,16,23)/t5-,7-,8+,9-,10-/m0/s1. The van der Waals surface area contributed by atoms with Gasteiger partial charge in [-0.3, -0.25) is 19.2 Å². The highest BCUT2D eigenvalue weighted by molar-refractivity contribution is 5.85. The molecule has 5 atom stereocenters. The largest absolute Gasteiger partial charge is 0.388 e. The van der Waals surface area contributed by atoms with Gasteiger partial charge in [-0.2, -0.15) is 0 Å². The first-order chi connectivity index (χ1) is 10.6. The van der Waals surface area contributed by atoms with Crippen LogP contribution in [0.2, 0.25) is 0 Å². The summed E-state index contributed by atoms with van der Waals surface area (Å²) >= 11 is 0. The topological polar surface area (TPSA) is 188 Å². The van der Waals surface area contributed by atoms with Gasteiger partial charge in [0.25, 0.3) is 0 Å². The van der Waals surface area contributed by atoms with Crippen LogP contribution in [0.5, 0.6) is 0 Å². The maximum atomic E-state index is 11.9. The third-order valence-corrected chi connectivity index (χ3v) is 2.91. The van der Waals surface area contributed by atoms with E-state index < -0.39 is 48.1 Å². The molecule has 0 aliphatic rings. The molecule has 11 heteroatoms. The fourth-order valence-electron chi connectivity index (χ4n) is 1.66. The first kappa shape index (κ1) is 20.5. The fraction of sp³-hybridized carbons (Fsp3) is 0.583. The number of hydrogen-bond acceptors (Lipinski definition) is 7. The van der Waals surface area contributed by atoms with Crippen LogP contribution >= 0.6 is 0 Å². The molecule has 130 valence electrons. The second-order valence-electron chi connectivity index (χ2n) is 4.74. The number of carbonyl (C=O) groups excluding carboxylic acids is 5. The lowest BCUT2D eigenvalue weighted by Crippen LogP contribution is -2.63. The van der Waals surface area contributed by atoms with Crippen LogP contribution in [0.3, 0.4) is 0 Å². The van der Waals surface area contributed by atoms with E-state index in [-0.39, 0.29) is 12.7 Å². The number of nitrogens with two attached hydrogens (primary N) is 1. The molecule has 7 N–H and O–H groups in total. The van der Waals surface area contributed by atoms with Crippen LogP contribution in [0.4, 0.5) is 0 Å². The maximum absolute atomic E-state index is 11.9. The van der Waals surface area contributed by atoms with Crippen molar-refractivity contribution < 1.29 is 34.2 Å². The molecule has 0 spiro atoms. The number of nitrogens with one attached hydrogen (secondary N) is 3. The first-order valence-corrected chi connectivity index (χ1v) is 6.53. The Morgan fingerprint density at radius 1 is 1.13 bits per heavy atom. The van der Waals surface area contributed by atoms with Crippen LogP contribution in [0.15, 0.2) is 0 Å².